The summed E-state index contributed by atoms with van der Waals surface area (Å²) in [5.74, 6) is -0.342. The van der Waals surface area contributed by atoms with E-state index in [0.717, 1.165) is 11.2 Å². The average molecular weight is 342 g/mol. The molecule has 0 amide bonds. The van der Waals surface area contributed by atoms with Crippen molar-refractivity contribution in [1.82, 2.24) is 9.55 Å². The van der Waals surface area contributed by atoms with Crippen molar-refractivity contribution in [2.24, 2.45) is 7.05 Å². The van der Waals surface area contributed by atoms with Gasteiger partial charge in [-0.05, 0) is 32.0 Å². The van der Waals surface area contributed by atoms with E-state index < -0.39 is 11.9 Å². The highest BCUT2D eigenvalue weighted by Gasteiger charge is 2.21. The van der Waals surface area contributed by atoms with Crippen LogP contribution < -0.4 is 4.74 Å². The van der Waals surface area contributed by atoms with Crippen molar-refractivity contribution in [1.29, 1.82) is 0 Å². The van der Waals surface area contributed by atoms with Gasteiger partial charge in [-0.25, -0.2) is 14.6 Å². The summed E-state index contributed by atoms with van der Waals surface area (Å²) in [6.07, 6.45) is 1.31. The molecule has 1 aromatic carbocycles. The standard InChI is InChI=1S/C18H18N2O5/c1-5-23-18(22)16-10(2)20(4)14-7-6-12(8-13(14)16)25-17(21)15-9-19-11(3)24-15/h6-9H,5H2,1-4H3. The van der Waals surface area contributed by atoms with Crippen LogP contribution in [-0.4, -0.2) is 28.1 Å². The SMILES string of the molecule is CCOC(=O)c1c(C)n(C)c2ccc(OC(=O)c3cnc(C)o3)cc12. The third kappa shape index (κ3) is 3.00. The smallest absolute Gasteiger partial charge is 0.381 e. The average Bonchev–Trinajstić information content (AvgIpc) is 3.10. The minimum Gasteiger partial charge on any atom is -0.462 e. The molecule has 3 rings (SSSR count). The van der Waals surface area contributed by atoms with Gasteiger partial charge in [0.05, 0.1) is 18.4 Å². The van der Waals surface area contributed by atoms with Gasteiger partial charge >= 0.3 is 11.9 Å². The molecule has 0 spiro atoms. The van der Waals surface area contributed by atoms with Crippen molar-refractivity contribution >= 4 is 22.8 Å². The first-order valence-electron chi connectivity index (χ1n) is 7.83. The number of carbonyl (C=O) groups is 2. The molecule has 3 aromatic rings. The van der Waals surface area contributed by atoms with E-state index in [1.807, 2.05) is 18.5 Å². The van der Waals surface area contributed by atoms with Crippen molar-refractivity contribution in [2.75, 3.05) is 6.61 Å². The monoisotopic (exact) mass is 342 g/mol. The van der Waals surface area contributed by atoms with Crippen LogP contribution in [0.2, 0.25) is 0 Å². The fraction of sp³-hybridized carbons (Fsp3) is 0.278. The summed E-state index contributed by atoms with van der Waals surface area (Å²) in [4.78, 5) is 28.3. The number of esters is 2. The zero-order valence-electron chi connectivity index (χ0n) is 14.5. The van der Waals surface area contributed by atoms with Crippen LogP contribution in [0.4, 0.5) is 0 Å². The van der Waals surface area contributed by atoms with Crippen molar-refractivity contribution in [2.45, 2.75) is 20.8 Å². The van der Waals surface area contributed by atoms with Gasteiger partial charge < -0.3 is 18.5 Å². The predicted octanol–water partition coefficient (Wildman–Crippen LogP) is 3.18. The largest absolute Gasteiger partial charge is 0.462 e. The highest BCUT2D eigenvalue weighted by atomic mass is 16.5. The second kappa shape index (κ2) is 6.43. The van der Waals surface area contributed by atoms with E-state index >= 15 is 0 Å². The Hall–Kier alpha value is -3.09. The summed E-state index contributed by atoms with van der Waals surface area (Å²) < 4.78 is 17.5. The summed E-state index contributed by atoms with van der Waals surface area (Å²) in [5, 5.41) is 0.664. The number of oxazole rings is 1. The van der Waals surface area contributed by atoms with E-state index in [-0.39, 0.29) is 12.4 Å². The fourth-order valence-corrected chi connectivity index (χ4v) is 2.69. The molecule has 0 aliphatic heterocycles. The number of hydrogen-bond donors (Lipinski definition) is 0. The molecule has 0 saturated carbocycles. The maximum Gasteiger partial charge on any atom is 0.381 e. The number of fused-ring (bicyclic) bond motifs is 1. The van der Waals surface area contributed by atoms with E-state index in [4.69, 9.17) is 13.9 Å². The Labute approximate surface area is 144 Å². The van der Waals surface area contributed by atoms with Crippen LogP contribution in [-0.2, 0) is 11.8 Å². The minimum atomic E-state index is -0.648. The quantitative estimate of drug-likeness (QED) is 0.535. The van der Waals surface area contributed by atoms with E-state index in [9.17, 15) is 9.59 Å². The highest BCUT2D eigenvalue weighted by Crippen LogP contribution is 2.29. The molecular weight excluding hydrogens is 324 g/mol. The zero-order chi connectivity index (χ0) is 18.1. The van der Waals surface area contributed by atoms with Crippen LogP contribution in [0.15, 0.2) is 28.8 Å². The molecule has 25 heavy (non-hydrogen) atoms. The summed E-state index contributed by atoms with van der Waals surface area (Å²) in [5.41, 5.74) is 2.09. The first-order chi connectivity index (χ1) is 11.9. The number of aryl methyl sites for hydroxylation is 2. The predicted molar refractivity (Wildman–Crippen MR) is 89.8 cm³/mol. The zero-order valence-corrected chi connectivity index (χ0v) is 14.5. The van der Waals surface area contributed by atoms with Gasteiger partial charge in [0.2, 0.25) is 5.76 Å². The van der Waals surface area contributed by atoms with Gasteiger partial charge in [-0.2, -0.15) is 0 Å². The van der Waals surface area contributed by atoms with Crippen LogP contribution in [0.3, 0.4) is 0 Å². The molecule has 0 radical (unpaired) electrons. The maximum atomic E-state index is 12.3. The summed E-state index contributed by atoms with van der Waals surface area (Å²) in [7, 11) is 1.86. The Morgan fingerprint density at radius 1 is 1.24 bits per heavy atom. The van der Waals surface area contributed by atoms with Crippen LogP contribution in [0.5, 0.6) is 5.75 Å². The van der Waals surface area contributed by atoms with Crippen LogP contribution in [0.25, 0.3) is 10.9 Å². The number of benzene rings is 1. The molecule has 0 aliphatic rings. The van der Waals surface area contributed by atoms with E-state index in [1.54, 1.807) is 32.0 Å². The van der Waals surface area contributed by atoms with Gasteiger partial charge in [-0.15, -0.1) is 0 Å². The molecule has 0 atom stereocenters. The number of hydrogen-bond acceptors (Lipinski definition) is 6. The van der Waals surface area contributed by atoms with E-state index in [2.05, 4.69) is 4.98 Å². The molecule has 2 aromatic heterocycles. The number of nitrogens with zero attached hydrogens (tertiary/aromatic N) is 2. The second-order valence-electron chi connectivity index (χ2n) is 5.55. The third-order valence-electron chi connectivity index (χ3n) is 3.98. The van der Waals surface area contributed by atoms with Crippen LogP contribution in [0, 0.1) is 13.8 Å². The van der Waals surface area contributed by atoms with Crippen LogP contribution >= 0.6 is 0 Å². The number of rotatable bonds is 4. The molecular formula is C18H18N2O5. The van der Waals surface area contributed by atoms with Crippen molar-refractivity contribution in [3.63, 3.8) is 0 Å². The number of ether oxygens (including phenoxy) is 2. The van der Waals surface area contributed by atoms with E-state index in [0.29, 0.717) is 22.6 Å². The Balaban J connectivity index is 2.00. The Morgan fingerprint density at radius 2 is 2.00 bits per heavy atom. The molecule has 0 N–H and O–H groups in total. The van der Waals surface area contributed by atoms with Gasteiger partial charge in [-0.3, -0.25) is 0 Å². The van der Waals surface area contributed by atoms with Gasteiger partial charge in [-0.1, -0.05) is 0 Å². The highest BCUT2D eigenvalue weighted by molar-refractivity contribution is 6.06. The summed E-state index contributed by atoms with van der Waals surface area (Å²) >= 11 is 0. The Morgan fingerprint density at radius 3 is 2.64 bits per heavy atom. The normalized spacial score (nSPS) is 10.9. The molecule has 7 nitrogen and oxygen atoms in total. The molecule has 0 fully saturated rings. The van der Waals surface area contributed by atoms with Gasteiger partial charge in [0.25, 0.3) is 0 Å². The topological polar surface area (TPSA) is 83.6 Å². The molecule has 0 saturated heterocycles. The lowest BCUT2D eigenvalue weighted by Gasteiger charge is -2.04. The third-order valence-corrected chi connectivity index (χ3v) is 3.98. The van der Waals surface area contributed by atoms with Crippen LogP contribution in [0.1, 0.15) is 39.4 Å². The van der Waals surface area contributed by atoms with Gasteiger partial charge in [0.15, 0.2) is 5.89 Å². The molecule has 7 heteroatoms. The maximum absolute atomic E-state index is 12.3. The molecule has 0 unspecified atom stereocenters. The molecule has 130 valence electrons. The molecule has 0 aliphatic carbocycles. The first-order valence-corrected chi connectivity index (χ1v) is 7.83. The summed E-state index contributed by atoms with van der Waals surface area (Å²) in [6, 6.07) is 5.10. The van der Waals surface area contributed by atoms with Crippen molar-refractivity contribution in [3.8, 4) is 5.75 Å². The number of aromatic nitrogens is 2. The Bertz CT molecular complexity index is 967. The van der Waals surface area contributed by atoms with Crippen molar-refractivity contribution in [3.05, 3.63) is 47.3 Å². The second-order valence-corrected chi connectivity index (χ2v) is 5.55. The lowest BCUT2D eigenvalue weighted by molar-refractivity contribution is 0.0527. The lowest BCUT2D eigenvalue weighted by Crippen LogP contribution is -2.08. The van der Waals surface area contributed by atoms with Gasteiger partial charge in [0.1, 0.15) is 5.75 Å². The Kier molecular flexibility index (Phi) is 4.31. The number of carbonyl (C=O) groups excluding carboxylic acids is 2. The molecule has 0 bridgehead atoms. The molecule has 2 heterocycles. The lowest BCUT2D eigenvalue weighted by atomic mass is 10.1. The summed E-state index contributed by atoms with van der Waals surface area (Å²) in [6.45, 7) is 5.52. The van der Waals surface area contributed by atoms with Crippen molar-refractivity contribution < 1.29 is 23.5 Å². The van der Waals surface area contributed by atoms with E-state index in [1.165, 1.54) is 6.20 Å². The van der Waals surface area contributed by atoms with Gasteiger partial charge in [0, 0.05) is 30.6 Å². The first kappa shape index (κ1) is 16.8. The fourth-order valence-electron chi connectivity index (χ4n) is 2.69. The minimum absolute atomic E-state index is 0.0208.